The molecule has 1 saturated carbocycles. The molecule has 1 aromatic carbocycles. The molecule has 5 nitrogen and oxygen atoms in total. The highest BCUT2D eigenvalue weighted by Gasteiger charge is 2.42. The van der Waals surface area contributed by atoms with Crippen molar-refractivity contribution in [3.8, 4) is 17.2 Å². The molecule has 1 aliphatic carbocycles. The summed E-state index contributed by atoms with van der Waals surface area (Å²) in [5.41, 5.74) is 0.878. The molecule has 1 heterocycles. The summed E-state index contributed by atoms with van der Waals surface area (Å²) >= 11 is 0. The fourth-order valence-corrected chi connectivity index (χ4v) is 3.55. The Morgan fingerprint density at radius 2 is 1.81 bits per heavy atom. The lowest BCUT2D eigenvalue weighted by Crippen LogP contribution is -2.28. The highest BCUT2D eigenvalue weighted by molar-refractivity contribution is 5.65. The first-order valence-corrected chi connectivity index (χ1v) is 8.64. The SMILES string of the molecule is N#Cc1ccc(-c2c(CO)nc([C@H]3CC[C@@H](C(F)(F)F)CC3)[nH]c2=O)cc1. The predicted molar refractivity (Wildman–Crippen MR) is 91.7 cm³/mol. The molecule has 0 bridgehead atoms. The van der Waals surface area contributed by atoms with E-state index in [0.717, 1.165) is 0 Å². The van der Waals surface area contributed by atoms with Gasteiger partial charge in [0.1, 0.15) is 5.82 Å². The second-order valence-corrected chi connectivity index (χ2v) is 6.71. The lowest BCUT2D eigenvalue weighted by molar-refractivity contribution is -0.182. The van der Waals surface area contributed by atoms with E-state index < -0.39 is 24.3 Å². The van der Waals surface area contributed by atoms with E-state index in [1.165, 1.54) is 0 Å². The van der Waals surface area contributed by atoms with E-state index in [9.17, 15) is 23.1 Å². The Kier molecular flexibility index (Phi) is 5.33. The normalized spacial score (nSPS) is 20.3. The number of aromatic nitrogens is 2. The van der Waals surface area contributed by atoms with E-state index in [0.29, 0.717) is 17.0 Å². The smallest absolute Gasteiger partial charge is 0.390 e. The van der Waals surface area contributed by atoms with E-state index in [1.807, 2.05) is 6.07 Å². The Hall–Kier alpha value is -2.66. The van der Waals surface area contributed by atoms with Crippen molar-refractivity contribution < 1.29 is 18.3 Å². The van der Waals surface area contributed by atoms with Gasteiger partial charge in [-0.2, -0.15) is 18.4 Å². The number of nitrogens with zero attached hydrogens (tertiary/aromatic N) is 2. The second-order valence-electron chi connectivity index (χ2n) is 6.71. The number of hydrogen-bond donors (Lipinski definition) is 2. The third-order valence-corrected chi connectivity index (χ3v) is 5.04. The first-order chi connectivity index (χ1) is 12.8. The van der Waals surface area contributed by atoms with Crippen molar-refractivity contribution in [2.24, 2.45) is 5.92 Å². The quantitative estimate of drug-likeness (QED) is 0.855. The average molecular weight is 377 g/mol. The summed E-state index contributed by atoms with van der Waals surface area (Å²) in [6.45, 7) is -0.468. The van der Waals surface area contributed by atoms with E-state index >= 15 is 0 Å². The largest absolute Gasteiger partial charge is 0.391 e. The molecular formula is C19H18F3N3O2. The molecule has 142 valence electrons. The molecule has 0 atom stereocenters. The zero-order chi connectivity index (χ0) is 19.6. The van der Waals surface area contributed by atoms with Gasteiger partial charge in [0, 0.05) is 5.92 Å². The van der Waals surface area contributed by atoms with Crippen LogP contribution in [0.3, 0.4) is 0 Å². The van der Waals surface area contributed by atoms with E-state index in [1.54, 1.807) is 24.3 Å². The number of H-pyrrole nitrogens is 1. The van der Waals surface area contributed by atoms with Crippen molar-refractivity contribution in [1.82, 2.24) is 9.97 Å². The summed E-state index contributed by atoms with van der Waals surface area (Å²) < 4.78 is 38.5. The number of alkyl halides is 3. The number of nitriles is 1. The van der Waals surface area contributed by atoms with Crippen molar-refractivity contribution in [3.63, 3.8) is 0 Å². The average Bonchev–Trinajstić information content (AvgIpc) is 2.67. The number of rotatable bonds is 3. The maximum atomic E-state index is 12.8. The Morgan fingerprint density at radius 3 is 2.33 bits per heavy atom. The van der Waals surface area contributed by atoms with Crippen molar-refractivity contribution in [2.45, 2.75) is 44.4 Å². The fourth-order valence-electron chi connectivity index (χ4n) is 3.55. The van der Waals surface area contributed by atoms with Crippen LogP contribution in [0, 0.1) is 17.2 Å². The number of aromatic amines is 1. The lowest BCUT2D eigenvalue weighted by atomic mass is 9.81. The van der Waals surface area contributed by atoms with Crippen LogP contribution in [-0.4, -0.2) is 21.3 Å². The van der Waals surface area contributed by atoms with Gasteiger partial charge in [-0.1, -0.05) is 12.1 Å². The lowest BCUT2D eigenvalue weighted by Gasteiger charge is -2.29. The van der Waals surface area contributed by atoms with Gasteiger partial charge in [0.05, 0.1) is 35.4 Å². The first-order valence-electron chi connectivity index (χ1n) is 8.64. The number of nitrogens with one attached hydrogen (secondary N) is 1. The minimum absolute atomic E-state index is 0.00368. The molecule has 1 aliphatic rings. The molecule has 0 unspecified atom stereocenters. The first kappa shape index (κ1) is 19.1. The minimum Gasteiger partial charge on any atom is -0.390 e. The van der Waals surface area contributed by atoms with Gasteiger partial charge in [-0.15, -0.1) is 0 Å². The Labute approximate surface area is 153 Å². The van der Waals surface area contributed by atoms with Gasteiger partial charge >= 0.3 is 6.18 Å². The van der Waals surface area contributed by atoms with E-state index in [-0.39, 0.29) is 42.9 Å². The van der Waals surface area contributed by atoms with Crippen LogP contribution in [0.2, 0.25) is 0 Å². The minimum atomic E-state index is -4.19. The number of hydrogen-bond acceptors (Lipinski definition) is 4. The molecule has 0 aliphatic heterocycles. The molecule has 0 spiro atoms. The van der Waals surface area contributed by atoms with E-state index in [2.05, 4.69) is 9.97 Å². The van der Waals surface area contributed by atoms with Crippen LogP contribution in [0.1, 0.15) is 48.7 Å². The predicted octanol–water partition coefficient (Wildman–Crippen LogP) is 3.64. The van der Waals surface area contributed by atoms with Crippen LogP contribution >= 0.6 is 0 Å². The maximum Gasteiger partial charge on any atom is 0.391 e. The summed E-state index contributed by atoms with van der Waals surface area (Å²) in [7, 11) is 0. The highest BCUT2D eigenvalue weighted by Crippen LogP contribution is 2.42. The standard InChI is InChI=1S/C19H18F3N3O2/c20-19(21,22)14-7-5-13(6-8-14)17-24-15(10-26)16(18(27)25-17)12-3-1-11(9-23)2-4-12/h1-4,13-14,26H,5-8,10H2,(H,24,25,27)/t13-,14+. The molecule has 1 aromatic heterocycles. The van der Waals surface area contributed by atoms with Crippen molar-refractivity contribution in [3.05, 3.63) is 51.7 Å². The molecule has 1 fully saturated rings. The molecule has 0 amide bonds. The van der Waals surface area contributed by atoms with Gasteiger partial charge in [0.2, 0.25) is 0 Å². The molecular weight excluding hydrogens is 359 g/mol. The van der Waals surface area contributed by atoms with Crippen LogP contribution < -0.4 is 5.56 Å². The van der Waals surface area contributed by atoms with Crippen LogP contribution in [0.4, 0.5) is 13.2 Å². The fraction of sp³-hybridized carbons (Fsp3) is 0.421. The van der Waals surface area contributed by atoms with Gasteiger partial charge in [-0.3, -0.25) is 4.79 Å². The van der Waals surface area contributed by atoms with Crippen molar-refractivity contribution in [2.75, 3.05) is 0 Å². The molecule has 2 N–H and O–H groups in total. The van der Waals surface area contributed by atoms with Crippen LogP contribution in [0.25, 0.3) is 11.1 Å². The highest BCUT2D eigenvalue weighted by atomic mass is 19.4. The summed E-state index contributed by atoms with van der Waals surface area (Å²) in [4.78, 5) is 19.6. The zero-order valence-corrected chi connectivity index (χ0v) is 14.4. The zero-order valence-electron chi connectivity index (χ0n) is 14.4. The molecule has 2 aromatic rings. The molecule has 8 heteroatoms. The van der Waals surface area contributed by atoms with Gasteiger partial charge < -0.3 is 10.1 Å². The van der Waals surface area contributed by atoms with Crippen molar-refractivity contribution >= 4 is 0 Å². The van der Waals surface area contributed by atoms with Crippen LogP contribution in [-0.2, 0) is 6.61 Å². The molecule has 0 radical (unpaired) electrons. The van der Waals surface area contributed by atoms with Crippen molar-refractivity contribution in [1.29, 1.82) is 5.26 Å². The Bertz CT molecular complexity index is 906. The summed E-state index contributed by atoms with van der Waals surface area (Å²) in [5.74, 6) is -1.26. The maximum absolute atomic E-state index is 12.8. The molecule has 3 rings (SSSR count). The molecule has 27 heavy (non-hydrogen) atoms. The third kappa shape index (κ3) is 4.03. The third-order valence-electron chi connectivity index (χ3n) is 5.04. The van der Waals surface area contributed by atoms with Gasteiger partial charge in [-0.25, -0.2) is 4.98 Å². The van der Waals surface area contributed by atoms with E-state index in [4.69, 9.17) is 5.26 Å². The number of aliphatic hydroxyl groups excluding tert-OH is 1. The Morgan fingerprint density at radius 1 is 1.19 bits per heavy atom. The van der Waals surface area contributed by atoms with Crippen LogP contribution in [0.15, 0.2) is 29.1 Å². The van der Waals surface area contributed by atoms with Crippen LogP contribution in [0.5, 0.6) is 0 Å². The monoisotopic (exact) mass is 377 g/mol. The topological polar surface area (TPSA) is 89.8 Å². The Balaban J connectivity index is 1.89. The number of halogens is 3. The molecule has 0 saturated heterocycles. The van der Waals surface area contributed by atoms with Gasteiger partial charge in [-0.05, 0) is 43.4 Å². The van der Waals surface area contributed by atoms with Gasteiger partial charge in [0.15, 0.2) is 0 Å². The second kappa shape index (κ2) is 7.53. The summed E-state index contributed by atoms with van der Waals surface area (Å²) in [5, 5.41) is 18.5. The van der Waals surface area contributed by atoms with Gasteiger partial charge in [0.25, 0.3) is 5.56 Å². The number of benzene rings is 1. The number of aliphatic hydroxyl groups is 1. The summed E-state index contributed by atoms with van der Waals surface area (Å²) in [6, 6.07) is 8.29. The summed E-state index contributed by atoms with van der Waals surface area (Å²) in [6.07, 6.45) is -3.61.